The summed E-state index contributed by atoms with van der Waals surface area (Å²) in [6.07, 6.45) is 3.18. The molecule has 0 saturated heterocycles. The average Bonchev–Trinajstić information content (AvgIpc) is 2.35. The van der Waals surface area contributed by atoms with E-state index in [2.05, 4.69) is 10.4 Å². The van der Waals surface area contributed by atoms with Crippen LogP contribution in [0, 0.1) is 18.6 Å². The number of rotatable bonds is 3. The molecule has 0 aliphatic rings. The topological polar surface area (TPSA) is 50.9 Å². The van der Waals surface area contributed by atoms with Gasteiger partial charge >= 0.3 is 0 Å². The fourth-order valence-electron chi connectivity index (χ4n) is 1.92. The van der Waals surface area contributed by atoms with Crippen LogP contribution >= 0.6 is 0 Å². The lowest BCUT2D eigenvalue weighted by Crippen LogP contribution is -2.30. The van der Waals surface area contributed by atoms with Crippen LogP contribution in [-0.2, 0) is 0 Å². The minimum atomic E-state index is -0.741. The maximum absolute atomic E-state index is 13.8. The normalized spacial score (nSPS) is 12.4. The number of nitrogens with zero attached hydrogens (tertiary/aromatic N) is 1. The Labute approximate surface area is 104 Å². The van der Waals surface area contributed by atoms with E-state index in [1.165, 1.54) is 18.2 Å². The molecule has 3 nitrogen and oxygen atoms in total. The van der Waals surface area contributed by atoms with Crippen molar-refractivity contribution in [3.05, 3.63) is 65.0 Å². The summed E-state index contributed by atoms with van der Waals surface area (Å²) in [6, 6.07) is 4.68. The first-order valence-electron chi connectivity index (χ1n) is 5.45. The van der Waals surface area contributed by atoms with Gasteiger partial charge in [-0.05, 0) is 36.2 Å². The standard InChI is InChI=1S/C13H13F2N3/c1-8-7-17-6-5-9(8)13(18-16)12-10(14)3-2-4-11(12)15/h2-7,13,18H,16H2,1H3. The second kappa shape index (κ2) is 5.20. The van der Waals surface area contributed by atoms with Crippen LogP contribution in [0.3, 0.4) is 0 Å². The highest BCUT2D eigenvalue weighted by Crippen LogP contribution is 2.27. The van der Waals surface area contributed by atoms with E-state index in [1.54, 1.807) is 18.5 Å². The van der Waals surface area contributed by atoms with E-state index in [-0.39, 0.29) is 5.56 Å². The van der Waals surface area contributed by atoms with E-state index in [0.29, 0.717) is 5.56 Å². The van der Waals surface area contributed by atoms with Crippen molar-refractivity contribution < 1.29 is 8.78 Å². The Balaban J connectivity index is 2.56. The van der Waals surface area contributed by atoms with Crippen molar-refractivity contribution in [1.82, 2.24) is 10.4 Å². The highest BCUT2D eigenvalue weighted by Gasteiger charge is 2.21. The van der Waals surface area contributed by atoms with Crippen LogP contribution in [0.5, 0.6) is 0 Å². The summed E-state index contributed by atoms with van der Waals surface area (Å²) in [5.74, 6) is 4.18. The smallest absolute Gasteiger partial charge is 0.131 e. The van der Waals surface area contributed by atoms with Gasteiger partial charge in [0.1, 0.15) is 11.6 Å². The van der Waals surface area contributed by atoms with Gasteiger partial charge in [0, 0.05) is 18.0 Å². The lowest BCUT2D eigenvalue weighted by atomic mass is 9.96. The predicted octanol–water partition coefficient (Wildman–Crippen LogP) is 2.22. The second-order valence-electron chi connectivity index (χ2n) is 3.97. The van der Waals surface area contributed by atoms with Crippen LogP contribution in [0.4, 0.5) is 8.78 Å². The van der Waals surface area contributed by atoms with E-state index in [0.717, 1.165) is 5.56 Å². The number of aryl methyl sites for hydroxylation is 1. The average molecular weight is 249 g/mol. The summed E-state index contributed by atoms with van der Waals surface area (Å²) < 4.78 is 27.5. The van der Waals surface area contributed by atoms with Crippen LogP contribution < -0.4 is 11.3 Å². The van der Waals surface area contributed by atoms with Crippen molar-refractivity contribution in [3.8, 4) is 0 Å². The Kier molecular flexibility index (Phi) is 3.64. The Morgan fingerprint density at radius 3 is 2.44 bits per heavy atom. The molecule has 0 spiro atoms. The first-order chi connectivity index (χ1) is 8.65. The number of pyridine rings is 1. The van der Waals surface area contributed by atoms with Gasteiger partial charge < -0.3 is 0 Å². The maximum atomic E-state index is 13.8. The Bertz CT molecular complexity index is 537. The summed E-state index contributed by atoms with van der Waals surface area (Å²) in [4.78, 5) is 3.94. The van der Waals surface area contributed by atoms with Gasteiger partial charge in [0.15, 0.2) is 0 Å². The minimum Gasteiger partial charge on any atom is -0.271 e. The molecule has 1 atom stereocenters. The number of benzene rings is 1. The molecule has 1 unspecified atom stereocenters. The second-order valence-corrected chi connectivity index (χ2v) is 3.97. The number of nitrogens with one attached hydrogen (secondary N) is 1. The molecule has 1 heterocycles. The van der Waals surface area contributed by atoms with Crippen molar-refractivity contribution in [3.63, 3.8) is 0 Å². The fourth-order valence-corrected chi connectivity index (χ4v) is 1.92. The molecule has 1 aromatic carbocycles. The third kappa shape index (κ3) is 2.23. The largest absolute Gasteiger partial charge is 0.271 e. The summed E-state index contributed by atoms with van der Waals surface area (Å²) in [7, 11) is 0. The molecule has 0 bridgehead atoms. The zero-order chi connectivity index (χ0) is 13.1. The number of aromatic nitrogens is 1. The third-order valence-corrected chi connectivity index (χ3v) is 2.83. The SMILES string of the molecule is Cc1cnccc1C(NN)c1c(F)cccc1F. The zero-order valence-corrected chi connectivity index (χ0v) is 9.82. The fraction of sp³-hybridized carbons (Fsp3) is 0.154. The lowest BCUT2D eigenvalue weighted by molar-refractivity contribution is 0.509. The van der Waals surface area contributed by atoms with Gasteiger partial charge in [0.25, 0.3) is 0 Å². The van der Waals surface area contributed by atoms with Gasteiger partial charge in [-0.25, -0.2) is 14.2 Å². The van der Waals surface area contributed by atoms with Crippen molar-refractivity contribution >= 4 is 0 Å². The van der Waals surface area contributed by atoms with Gasteiger partial charge in [0.05, 0.1) is 6.04 Å². The molecule has 94 valence electrons. The first kappa shape index (κ1) is 12.6. The summed E-state index contributed by atoms with van der Waals surface area (Å²) in [5, 5.41) is 0. The molecule has 2 rings (SSSR count). The van der Waals surface area contributed by atoms with Crippen LogP contribution in [0.15, 0.2) is 36.7 Å². The summed E-state index contributed by atoms with van der Waals surface area (Å²) in [5.41, 5.74) is 3.86. The molecule has 0 radical (unpaired) electrons. The van der Waals surface area contributed by atoms with E-state index < -0.39 is 17.7 Å². The minimum absolute atomic E-state index is 0.0886. The van der Waals surface area contributed by atoms with Crippen LogP contribution in [-0.4, -0.2) is 4.98 Å². The van der Waals surface area contributed by atoms with E-state index >= 15 is 0 Å². The molecular formula is C13H13F2N3. The molecule has 2 aromatic rings. The first-order valence-corrected chi connectivity index (χ1v) is 5.45. The van der Waals surface area contributed by atoms with Crippen LogP contribution in [0.2, 0.25) is 0 Å². The van der Waals surface area contributed by atoms with Crippen molar-refractivity contribution in [2.45, 2.75) is 13.0 Å². The van der Waals surface area contributed by atoms with Crippen LogP contribution in [0.25, 0.3) is 0 Å². The Morgan fingerprint density at radius 2 is 1.89 bits per heavy atom. The van der Waals surface area contributed by atoms with Gasteiger partial charge in [-0.15, -0.1) is 0 Å². The van der Waals surface area contributed by atoms with Gasteiger partial charge in [-0.1, -0.05) is 6.07 Å². The molecular weight excluding hydrogens is 236 g/mol. The van der Waals surface area contributed by atoms with Gasteiger partial charge in [-0.3, -0.25) is 10.8 Å². The van der Waals surface area contributed by atoms with Crippen molar-refractivity contribution in [1.29, 1.82) is 0 Å². The maximum Gasteiger partial charge on any atom is 0.131 e. The summed E-state index contributed by atoms with van der Waals surface area (Å²) in [6.45, 7) is 1.81. The molecule has 18 heavy (non-hydrogen) atoms. The van der Waals surface area contributed by atoms with Crippen molar-refractivity contribution in [2.75, 3.05) is 0 Å². The molecule has 0 aliphatic carbocycles. The quantitative estimate of drug-likeness (QED) is 0.647. The van der Waals surface area contributed by atoms with E-state index in [9.17, 15) is 8.78 Å². The number of nitrogens with two attached hydrogens (primary N) is 1. The molecule has 0 aliphatic heterocycles. The van der Waals surface area contributed by atoms with Crippen LogP contribution in [0.1, 0.15) is 22.7 Å². The monoisotopic (exact) mass is 249 g/mol. The van der Waals surface area contributed by atoms with Gasteiger partial charge in [0.2, 0.25) is 0 Å². The predicted molar refractivity (Wildman–Crippen MR) is 64.5 cm³/mol. The number of hydrogen-bond donors (Lipinski definition) is 2. The third-order valence-electron chi connectivity index (χ3n) is 2.83. The zero-order valence-electron chi connectivity index (χ0n) is 9.82. The Morgan fingerprint density at radius 1 is 1.22 bits per heavy atom. The highest BCUT2D eigenvalue weighted by molar-refractivity contribution is 5.36. The van der Waals surface area contributed by atoms with Gasteiger partial charge in [-0.2, -0.15) is 0 Å². The molecule has 1 aromatic heterocycles. The van der Waals surface area contributed by atoms with E-state index in [4.69, 9.17) is 5.84 Å². The molecule has 0 fully saturated rings. The number of halogens is 2. The molecule has 0 saturated carbocycles. The number of hydrogen-bond acceptors (Lipinski definition) is 3. The Hall–Kier alpha value is -1.85. The molecule has 5 heteroatoms. The summed E-state index contributed by atoms with van der Waals surface area (Å²) >= 11 is 0. The lowest BCUT2D eigenvalue weighted by Gasteiger charge is -2.19. The molecule has 0 amide bonds. The molecule has 3 N–H and O–H groups in total. The van der Waals surface area contributed by atoms with Crippen molar-refractivity contribution in [2.24, 2.45) is 5.84 Å². The van der Waals surface area contributed by atoms with E-state index in [1.807, 2.05) is 6.92 Å². The number of hydrazine groups is 1. The highest BCUT2D eigenvalue weighted by atomic mass is 19.1.